The number of nitrogens with zero attached hydrogens (tertiary/aromatic N) is 1. The summed E-state index contributed by atoms with van der Waals surface area (Å²) in [5.74, 6) is 4.63. The Morgan fingerprint density at radius 1 is 1.40 bits per heavy atom. The van der Waals surface area contributed by atoms with E-state index >= 15 is 0 Å². The Hall–Kier alpha value is -2.12. The van der Waals surface area contributed by atoms with E-state index in [4.69, 9.17) is 15.3 Å². The number of hydrogen-bond acceptors (Lipinski definition) is 5. The highest BCUT2D eigenvalue weighted by molar-refractivity contribution is 5.85. The van der Waals surface area contributed by atoms with Crippen molar-refractivity contribution in [2.45, 2.75) is 12.6 Å². The Kier molecular flexibility index (Phi) is 4.91. The predicted octanol–water partition coefficient (Wildman–Crippen LogP) is 0.0139. The lowest BCUT2D eigenvalue weighted by Gasteiger charge is -2.33. The number of nitrogens with two attached hydrogens (primary N) is 1. The van der Waals surface area contributed by atoms with Crippen LogP contribution in [0.1, 0.15) is 5.56 Å². The van der Waals surface area contributed by atoms with Crippen molar-refractivity contribution in [3.63, 3.8) is 0 Å². The predicted molar refractivity (Wildman–Crippen MR) is 70.3 cm³/mol. The summed E-state index contributed by atoms with van der Waals surface area (Å²) in [6, 6.07) is 8.57. The Labute approximate surface area is 116 Å². The second kappa shape index (κ2) is 6.88. The first kappa shape index (κ1) is 14.3. The summed E-state index contributed by atoms with van der Waals surface area (Å²) in [5.41, 5.74) is 2.91. The number of benzene rings is 1. The van der Waals surface area contributed by atoms with Gasteiger partial charge in [-0.3, -0.25) is 15.1 Å². The van der Waals surface area contributed by atoms with Crippen LogP contribution in [0.3, 0.4) is 0 Å². The average molecular weight is 279 g/mol. The van der Waals surface area contributed by atoms with Gasteiger partial charge in [-0.15, -0.1) is 0 Å². The molecule has 1 aliphatic rings. The Morgan fingerprint density at radius 2 is 2.15 bits per heavy atom. The van der Waals surface area contributed by atoms with Gasteiger partial charge in [0.1, 0.15) is 12.6 Å². The van der Waals surface area contributed by atoms with Crippen LogP contribution in [0.15, 0.2) is 30.3 Å². The van der Waals surface area contributed by atoms with E-state index in [9.17, 15) is 9.59 Å². The largest absolute Gasteiger partial charge is 0.445 e. The molecule has 1 aliphatic heterocycles. The van der Waals surface area contributed by atoms with Crippen molar-refractivity contribution in [1.82, 2.24) is 10.3 Å². The zero-order valence-electron chi connectivity index (χ0n) is 11.0. The summed E-state index contributed by atoms with van der Waals surface area (Å²) in [5, 5.41) is 0. The van der Waals surface area contributed by atoms with Gasteiger partial charge in [-0.2, -0.15) is 0 Å². The molecule has 2 rings (SSSR count). The van der Waals surface area contributed by atoms with Crippen LogP contribution in [-0.4, -0.2) is 42.7 Å². The molecule has 1 unspecified atom stereocenters. The number of hydrogen-bond donors (Lipinski definition) is 2. The maximum atomic E-state index is 12.0. The highest BCUT2D eigenvalue weighted by Gasteiger charge is 2.33. The van der Waals surface area contributed by atoms with E-state index in [1.165, 1.54) is 4.90 Å². The quantitative estimate of drug-likeness (QED) is 0.462. The molecule has 1 heterocycles. The van der Waals surface area contributed by atoms with Crippen LogP contribution in [-0.2, 0) is 20.9 Å². The first-order valence-electron chi connectivity index (χ1n) is 6.28. The number of carbonyl (C=O) groups excluding carboxylic acids is 2. The third-order valence-electron chi connectivity index (χ3n) is 3.01. The van der Waals surface area contributed by atoms with Crippen molar-refractivity contribution in [3.8, 4) is 0 Å². The van der Waals surface area contributed by atoms with Gasteiger partial charge in [0.05, 0.1) is 13.2 Å². The number of amides is 2. The van der Waals surface area contributed by atoms with Crippen LogP contribution in [0.4, 0.5) is 4.79 Å². The molecule has 7 heteroatoms. The first-order chi connectivity index (χ1) is 9.72. The molecule has 0 saturated carbocycles. The summed E-state index contributed by atoms with van der Waals surface area (Å²) in [7, 11) is 0. The van der Waals surface area contributed by atoms with Crippen LogP contribution in [0.2, 0.25) is 0 Å². The fourth-order valence-electron chi connectivity index (χ4n) is 1.94. The minimum atomic E-state index is -0.753. The molecule has 108 valence electrons. The van der Waals surface area contributed by atoms with Crippen molar-refractivity contribution < 1.29 is 19.1 Å². The van der Waals surface area contributed by atoms with Crippen LogP contribution < -0.4 is 11.3 Å². The maximum absolute atomic E-state index is 12.0. The van der Waals surface area contributed by atoms with Gasteiger partial charge in [-0.1, -0.05) is 30.3 Å². The van der Waals surface area contributed by atoms with Crippen LogP contribution in [0, 0.1) is 0 Å². The van der Waals surface area contributed by atoms with E-state index in [-0.39, 0.29) is 13.2 Å². The highest BCUT2D eigenvalue weighted by atomic mass is 16.6. The zero-order valence-corrected chi connectivity index (χ0v) is 11.0. The van der Waals surface area contributed by atoms with Crippen molar-refractivity contribution >= 4 is 12.0 Å². The highest BCUT2D eigenvalue weighted by Crippen LogP contribution is 2.10. The summed E-state index contributed by atoms with van der Waals surface area (Å²) in [6.45, 7) is 0.942. The fourth-order valence-corrected chi connectivity index (χ4v) is 1.94. The van der Waals surface area contributed by atoms with Crippen LogP contribution in [0.5, 0.6) is 0 Å². The molecule has 0 aromatic heterocycles. The molecule has 7 nitrogen and oxygen atoms in total. The molecule has 1 fully saturated rings. The van der Waals surface area contributed by atoms with Crippen LogP contribution in [0.25, 0.3) is 0 Å². The number of ether oxygens (including phenoxy) is 2. The summed E-state index contributed by atoms with van der Waals surface area (Å²) >= 11 is 0. The van der Waals surface area contributed by atoms with Gasteiger partial charge in [0.15, 0.2) is 0 Å². The van der Waals surface area contributed by atoms with Gasteiger partial charge in [-0.05, 0) is 5.56 Å². The lowest BCUT2D eigenvalue weighted by Crippen LogP contribution is -2.57. The smallest absolute Gasteiger partial charge is 0.410 e. The van der Waals surface area contributed by atoms with E-state index in [2.05, 4.69) is 0 Å². The minimum Gasteiger partial charge on any atom is -0.445 e. The molecule has 0 bridgehead atoms. The van der Waals surface area contributed by atoms with E-state index < -0.39 is 18.0 Å². The van der Waals surface area contributed by atoms with Gasteiger partial charge in [0.25, 0.3) is 5.91 Å². The normalized spacial score (nSPS) is 18.4. The Balaban J connectivity index is 1.94. The molecule has 0 aliphatic carbocycles. The summed E-state index contributed by atoms with van der Waals surface area (Å²) in [6.07, 6.45) is -0.550. The minimum absolute atomic E-state index is 0.115. The topological polar surface area (TPSA) is 93.9 Å². The molecular weight excluding hydrogens is 262 g/mol. The van der Waals surface area contributed by atoms with Gasteiger partial charge in [-0.25, -0.2) is 10.6 Å². The summed E-state index contributed by atoms with van der Waals surface area (Å²) < 4.78 is 10.4. The standard InChI is InChI=1S/C13H17N3O4/c14-15-12(17)11-9-19-7-6-16(11)13(18)20-8-10-4-2-1-3-5-10/h1-5,11H,6-9,14H2,(H,15,17). The molecule has 20 heavy (non-hydrogen) atoms. The molecule has 2 amide bonds. The van der Waals surface area contributed by atoms with Gasteiger partial charge < -0.3 is 9.47 Å². The third-order valence-corrected chi connectivity index (χ3v) is 3.01. The molecule has 1 atom stereocenters. The van der Waals surface area contributed by atoms with Crippen molar-refractivity contribution in [3.05, 3.63) is 35.9 Å². The maximum Gasteiger partial charge on any atom is 0.410 e. The Bertz CT molecular complexity index is 466. The molecule has 1 aromatic carbocycles. The van der Waals surface area contributed by atoms with E-state index in [0.29, 0.717) is 13.2 Å². The van der Waals surface area contributed by atoms with Gasteiger partial charge in [0.2, 0.25) is 0 Å². The van der Waals surface area contributed by atoms with Gasteiger partial charge in [0, 0.05) is 6.54 Å². The van der Waals surface area contributed by atoms with Crippen molar-refractivity contribution in [1.29, 1.82) is 0 Å². The zero-order chi connectivity index (χ0) is 14.4. The number of morpholine rings is 1. The molecule has 1 aromatic rings. The van der Waals surface area contributed by atoms with Gasteiger partial charge >= 0.3 is 6.09 Å². The lowest BCUT2D eigenvalue weighted by molar-refractivity contribution is -0.131. The van der Waals surface area contributed by atoms with Crippen LogP contribution >= 0.6 is 0 Å². The lowest BCUT2D eigenvalue weighted by atomic mass is 10.2. The monoisotopic (exact) mass is 279 g/mol. The Morgan fingerprint density at radius 3 is 2.85 bits per heavy atom. The van der Waals surface area contributed by atoms with E-state index in [1.54, 1.807) is 0 Å². The molecule has 1 saturated heterocycles. The van der Waals surface area contributed by atoms with Crippen molar-refractivity contribution in [2.24, 2.45) is 5.84 Å². The summed E-state index contributed by atoms with van der Waals surface area (Å²) in [4.78, 5) is 24.9. The third kappa shape index (κ3) is 3.46. The number of carbonyl (C=O) groups is 2. The van der Waals surface area contributed by atoms with Crippen molar-refractivity contribution in [2.75, 3.05) is 19.8 Å². The number of nitrogens with one attached hydrogen (secondary N) is 1. The SMILES string of the molecule is NNC(=O)C1COCCN1C(=O)OCc1ccccc1. The van der Waals surface area contributed by atoms with E-state index in [0.717, 1.165) is 5.56 Å². The first-order valence-corrected chi connectivity index (χ1v) is 6.28. The number of rotatable bonds is 3. The molecule has 0 spiro atoms. The second-order valence-electron chi connectivity index (χ2n) is 4.33. The second-order valence-corrected chi connectivity index (χ2v) is 4.33. The average Bonchev–Trinajstić information content (AvgIpc) is 2.52. The fraction of sp³-hybridized carbons (Fsp3) is 0.385. The number of hydrazine groups is 1. The molecular formula is C13H17N3O4. The van der Waals surface area contributed by atoms with E-state index in [1.807, 2.05) is 35.8 Å². The molecule has 3 N–H and O–H groups in total. The molecule has 0 radical (unpaired) electrons.